The molecule has 1 aromatic heterocycles. The third-order valence-electron chi connectivity index (χ3n) is 6.21. The van der Waals surface area contributed by atoms with E-state index in [1.807, 2.05) is 6.92 Å². The van der Waals surface area contributed by atoms with Crippen molar-refractivity contribution < 1.29 is 9.53 Å². The highest BCUT2D eigenvalue weighted by Crippen LogP contribution is 2.53. The monoisotopic (exact) mass is 348 g/mol. The summed E-state index contributed by atoms with van der Waals surface area (Å²) in [6, 6.07) is 0. The Morgan fingerprint density at radius 2 is 2.17 bits per heavy atom. The molecule has 1 aromatic rings. The van der Waals surface area contributed by atoms with Gasteiger partial charge in [-0.05, 0) is 50.9 Å². The molecule has 0 radical (unpaired) electrons. The first-order valence-corrected chi connectivity index (χ1v) is 10.1. The number of likely N-dealkylation sites (tertiary alicyclic amines) is 1. The van der Waals surface area contributed by atoms with Crippen LogP contribution in [0.25, 0.3) is 0 Å². The number of hydrogen-bond acceptors (Lipinski definition) is 4. The standard InChI is InChI=1S/C19H28N2O2S/c1-13-15(24-16(20-13)14-5-4-10-23-11-14)17(22)21-9-8-19(21)7-6-18(2,3)12-19/h14H,4-12H2,1-3H3. The molecule has 132 valence electrons. The van der Waals surface area contributed by atoms with Crippen LogP contribution < -0.4 is 0 Å². The van der Waals surface area contributed by atoms with Gasteiger partial charge in [-0.2, -0.15) is 0 Å². The van der Waals surface area contributed by atoms with Gasteiger partial charge in [-0.25, -0.2) is 4.98 Å². The largest absolute Gasteiger partial charge is 0.381 e. The topological polar surface area (TPSA) is 42.4 Å². The van der Waals surface area contributed by atoms with Crippen LogP contribution in [0, 0.1) is 12.3 Å². The molecule has 24 heavy (non-hydrogen) atoms. The molecule has 2 unspecified atom stereocenters. The van der Waals surface area contributed by atoms with Gasteiger partial charge >= 0.3 is 0 Å². The lowest BCUT2D eigenvalue weighted by Crippen LogP contribution is -2.61. The summed E-state index contributed by atoms with van der Waals surface area (Å²) in [5, 5.41) is 1.09. The average molecular weight is 349 g/mol. The number of hydrogen-bond donors (Lipinski definition) is 0. The lowest BCUT2D eigenvalue weighted by Gasteiger charge is -2.51. The number of carbonyl (C=O) groups is 1. The van der Waals surface area contributed by atoms with E-state index in [9.17, 15) is 4.79 Å². The zero-order valence-corrected chi connectivity index (χ0v) is 15.9. The molecule has 2 aliphatic heterocycles. The summed E-state index contributed by atoms with van der Waals surface area (Å²) in [6.07, 6.45) is 6.92. The van der Waals surface area contributed by atoms with Gasteiger partial charge in [0, 0.05) is 24.6 Å². The molecule has 2 saturated heterocycles. The van der Waals surface area contributed by atoms with Crippen molar-refractivity contribution in [2.75, 3.05) is 19.8 Å². The molecule has 1 spiro atoms. The van der Waals surface area contributed by atoms with Gasteiger partial charge in [0.15, 0.2) is 0 Å². The van der Waals surface area contributed by atoms with Crippen molar-refractivity contribution in [2.24, 2.45) is 5.41 Å². The van der Waals surface area contributed by atoms with Gasteiger partial charge in [-0.15, -0.1) is 11.3 Å². The summed E-state index contributed by atoms with van der Waals surface area (Å²) < 4.78 is 5.60. The predicted octanol–water partition coefficient (Wildman–Crippen LogP) is 4.14. The first-order valence-electron chi connectivity index (χ1n) is 9.27. The summed E-state index contributed by atoms with van der Waals surface area (Å²) in [5.74, 6) is 0.594. The minimum absolute atomic E-state index is 0.130. The molecule has 1 saturated carbocycles. The Labute approximate surface area is 148 Å². The number of nitrogens with zero attached hydrogens (tertiary/aromatic N) is 2. The third kappa shape index (κ3) is 2.70. The highest BCUT2D eigenvalue weighted by molar-refractivity contribution is 7.13. The minimum atomic E-state index is 0.130. The summed E-state index contributed by atoms with van der Waals surface area (Å²) >= 11 is 1.61. The average Bonchev–Trinajstić information content (AvgIpc) is 3.08. The van der Waals surface area contributed by atoms with Crippen LogP contribution in [0.4, 0.5) is 0 Å². The molecule has 0 bridgehead atoms. The number of carbonyl (C=O) groups excluding carboxylic acids is 1. The van der Waals surface area contributed by atoms with Gasteiger partial charge in [0.05, 0.1) is 17.3 Å². The Kier molecular flexibility index (Phi) is 4.00. The molecule has 0 aromatic carbocycles. The normalized spacial score (nSPS) is 32.1. The van der Waals surface area contributed by atoms with E-state index < -0.39 is 0 Å². The first kappa shape index (κ1) is 16.5. The highest BCUT2D eigenvalue weighted by atomic mass is 32.1. The Bertz CT molecular complexity index is 648. The van der Waals surface area contributed by atoms with Crippen molar-refractivity contribution in [3.8, 4) is 0 Å². The van der Waals surface area contributed by atoms with Crippen molar-refractivity contribution in [3.63, 3.8) is 0 Å². The number of amides is 1. The highest BCUT2D eigenvalue weighted by Gasteiger charge is 2.54. The third-order valence-corrected chi connectivity index (χ3v) is 7.52. The van der Waals surface area contributed by atoms with Crippen molar-refractivity contribution in [2.45, 2.75) is 70.8 Å². The predicted molar refractivity (Wildman–Crippen MR) is 95.7 cm³/mol. The van der Waals surface area contributed by atoms with Crippen molar-refractivity contribution in [3.05, 3.63) is 15.6 Å². The summed E-state index contributed by atoms with van der Waals surface area (Å²) in [6.45, 7) is 9.18. The molecule has 1 aliphatic carbocycles. The van der Waals surface area contributed by atoms with Crippen molar-refractivity contribution in [1.82, 2.24) is 9.88 Å². The number of aryl methyl sites for hydroxylation is 1. The van der Waals surface area contributed by atoms with Crippen LogP contribution in [0.15, 0.2) is 0 Å². The molecule has 5 heteroatoms. The quantitative estimate of drug-likeness (QED) is 0.807. The molecular formula is C19H28N2O2S. The van der Waals surface area contributed by atoms with Gasteiger partial charge in [-0.3, -0.25) is 4.79 Å². The SMILES string of the molecule is Cc1nc(C2CCCOC2)sc1C(=O)N1CCC12CCC(C)(C)C2. The van der Waals surface area contributed by atoms with Crippen LogP contribution in [0.2, 0.25) is 0 Å². The second-order valence-electron chi connectivity index (χ2n) is 8.65. The maximum absolute atomic E-state index is 13.2. The fourth-order valence-corrected chi connectivity index (χ4v) is 5.92. The summed E-state index contributed by atoms with van der Waals surface area (Å²) in [7, 11) is 0. The molecule has 4 nitrogen and oxygen atoms in total. The summed E-state index contributed by atoms with van der Waals surface area (Å²) in [5.41, 5.74) is 1.40. The number of thiazole rings is 1. The van der Waals surface area contributed by atoms with Crippen LogP contribution >= 0.6 is 11.3 Å². The Hall–Kier alpha value is -0.940. The molecule has 0 N–H and O–H groups in total. The van der Waals surface area contributed by atoms with Gasteiger partial charge < -0.3 is 9.64 Å². The van der Waals surface area contributed by atoms with Crippen LogP contribution in [0.3, 0.4) is 0 Å². The van der Waals surface area contributed by atoms with E-state index in [0.717, 1.165) is 61.0 Å². The lowest BCUT2D eigenvalue weighted by atomic mass is 9.79. The fraction of sp³-hybridized carbons (Fsp3) is 0.789. The van der Waals surface area contributed by atoms with E-state index >= 15 is 0 Å². The van der Waals surface area contributed by atoms with Crippen molar-refractivity contribution in [1.29, 1.82) is 0 Å². The van der Waals surface area contributed by atoms with Crippen LogP contribution in [-0.2, 0) is 4.74 Å². The molecule has 1 amide bonds. The maximum atomic E-state index is 13.2. The minimum Gasteiger partial charge on any atom is -0.381 e. The van der Waals surface area contributed by atoms with E-state index in [1.165, 1.54) is 12.8 Å². The van der Waals surface area contributed by atoms with E-state index in [4.69, 9.17) is 9.72 Å². The second kappa shape index (κ2) is 5.80. The second-order valence-corrected chi connectivity index (χ2v) is 9.68. The number of rotatable bonds is 2. The van der Waals surface area contributed by atoms with E-state index in [-0.39, 0.29) is 11.4 Å². The smallest absolute Gasteiger partial charge is 0.266 e. The Morgan fingerprint density at radius 3 is 2.75 bits per heavy atom. The van der Waals surface area contributed by atoms with Crippen LogP contribution in [0.5, 0.6) is 0 Å². The lowest BCUT2D eigenvalue weighted by molar-refractivity contribution is -0.00383. The van der Waals surface area contributed by atoms with E-state index in [0.29, 0.717) is 11.3 Å². The van der Waals surface area contributed by atoms with E-state index in [1.54, 1.807) is 11.3 Å². The number of aromatic nitrogens is 1. The zero-order valence-electron chi connectivity index (χ0n) is 15.1. The van der Waals surface area contributed by atoms with Crippen LogP contribution in [-0.4, -0.2) is 41.1 Å². The van der Waals surface area contributed by atoms with Crippen LogP contribution in [0.1, 0.15) is 78.7 Å². The molecule has 4 rings (SSSR count). The zero-order chi connectivity index (χ0) is 16.9. The first-order chi connectivity index (χ1) is 11.4. The molecular weight excluding hydrogens is 320 g/mol. The number of ether oxygens (including phenoxy) is 1. The molecule has 3 aliphatic rings. The maximum Gasteiger partial charge on any atom is 0.266 e. The fourth-order valence-electron chi connectivity index (χ4n) is 4.79. The van der Waals surface area contributed by atoms with Gasteiger partial charge in [0.25, 0.3) is 5.91 Å². The molecule has 2 atom stereocenters. The van der Waals surface area contributed by atoms with Crippen molar-refractivity contribution >= 4 is 17.2 Å². The van der Waals surface area contributed by atoms with Gasteiger partial charge in [0.1, 0.15) is 4.88 Å². The Balaban J connectivity index is 1.54. The Morgan fingerprint density at radius 1 is 1.33 bits per heavy atom. The summed E-state index contributed by atoms with van der Waals surface area (Å²) in [4.78, 5) is 20.9. The van der Waals surface area contributed by atoms with E-state index in [2.05, 4.69) is 18.7 Å². The van der Waals surface area contributed by atoms with Gasteiger partial charge in [-0.1, -0.05) is 13.8 Å². The molecule has 3 heterocycles. The van der Waals surface area contributed by atoms with Gasteiger partial charge in [0.2, 0.25) is 0 Å². The molecule has 3 fully saturated rings.